The number of benzene rings is 1. The fraction of sp³-hybridized carbons (Fsp3) is 0.542. The highest BCUT2D eigenvalue weighted by molar-refractivity contribution is 6.10. The Morgan fingerprint density at radius 1 is 1.09 bits per heavy atom. The average molecular weight is 442 g/mol. The van der Waals surface area contributed by atoms with Crippen molar-refractivity contribution in [2.45, 2.75) is 37.6 Å². The Labute approximate surface area is 188 Å². The molecule has 1 N–H and O–H groups in total. The number of nitrogens with zero attached hydrogens (tertiary/aromatic N) is 2. The zero-order valence-corrected chi connectivity index (χ0v) is 18.4. The third-order valence-electron chi connectivity index (χ3n) is 6.77. The number of rotatable bonds is 7. The molecule has 0 aromatic heterocycles. The van der Waals surface area contributed by atoms with Gasteiger partial charge in [-0.15, -0.1) is 0 Å². The zero-order valence-electron chi connectivity index (χ0n) is 18.4. The number of carbonyl (C=O) groups excluding carboxylic acids is 3. The summed E-state index contributed by atoms with van der Waals surface area (Å²) in [4.78, 5) is 41.0. The van der Waals surface area contributed by atoms with E-state index in [0.717, 1.165) is 52.0 Å². The average Bonchev–Trinajstić information content (AvgIpc) is 3.07. The molecule has 0 atom stereocenters. The smallest absolute Gasteiger partial charge is 0.326 e. The van der Waals surface area contributed by atoms with Crippen LogP contribution in [-0.4, -0.2) is 79.1 Å². The lowest BCUT2D eigenvalue weighted by Crippen LogP contribution is -2.59. The Morgan fingerprint density at radius 3 is 2.47 bits per heavy atom. The monoisotopic (exact) mass is 441 g/mol. The predicted octanol–water partition coefficient (Wildman–Crippen LogP) is 1.81. The minimum Gasteiger partial charge on any atom is -0.454 e. The van der Waals surface area contributed by atoms with Crippen LogP contribution in [0.25, 0.3) is 5.70 Å². The molecule has 32 heavy (non-hydrogen) atoms. The largest absolute Gasteiger partial charge is 0.454 e. The summed E-state index contributed by atoms with van der Waals surface area (Å²) in [5.41, 5.74) is 1.65. The van der Waals surface area contributed by atoms with E-state index >= 15 is 0 Å². The van der Waals surface area contributed by atoms with Crippen molar-refractivity contribution < 1.29 is 23.9 Å². The van der Waals surface area contributed by atoms with Crippen LogP contribution in [0.1, 0.15) is 48.0 Å². The first-order valence-electron chi connectivity index (χ1n) is 11.4. The molecule has 1 aromatic rings. The van der Waals surface area contributed by atoms with Gasteiger partial charge in [0.05, 0.1) is 13.2 Å². The van der Waals surface area contributed by atoms with Crippen LogP contribution in [0.15, 0.2) is 30.8 Å². The van der Waals surface area contributed by atoms with E-state index in [-0.39, 0.29) is 30.5 Å². The number of hydrogen-bond donors (Lipinski definition) is 1. The molecule has 172 valence electrons. The van der Waals surface area contributed by atoms with Gasteiger partial charge in [0.1, 0.15) is 6.54 Å². The highest BCUT2D eigenvalue weighted by Gasteiger charge is 2.39. The maximum atomic E-state index is 12.5. The standard InChI is InChI=1S/C24H31N3O5/c1-18-19-7-3-4-8-20(19)23(30)27(18)15-22(29)32-16-21(28)25-17-24(9-5-2-6-10-24)26-11-13-31-14-12-26/h3-4,7-8H,1-2,5-6,9-17H2,(H,25,28). The summed E-state index contributed by atoms with van der Waals surface area (Å²) in [5.74, 6) is -1.24. The molecule has 0 bridgehead atoms. The van der Waals surface area contributed by atoms with Crippen molar-refractivity contribution in [3.05, 3.63) is 42.0 Å². The number of hydrogen-bond acceptors (Lipinski definition) is 6. The first kappa shape index (κ1) is 22.5. The Bertz CT molecular complexity index is 852. The summed E-state index contributed by atoms with van der Waals surface area (Å²) in [5, 5.41) is 2.97. The molecular formula is C24H31N3O5. The summed E-state index contributed by atoms with van der Waals surface area (Å²) in [6.45, 7) is 7.02. The van der Waals surface area contributed by atoms with E-state index in [0.29, 0.717) is 23.4 Å². The molecular weight excluding hydrogens is 410 g/mol. The van der Waals surface area contributed by atoms with E-state index < -0.39 is 5.97 Å². The molecule has 2 aliphatic heterocycles. The topological polar surface area (TPSA) is 88.2 Å². The zero-order chi connectivity index (χ0) is 22.6. The van der Waals surface area contributed by atoms with E-state index in [4.69, 9.17) is 9.47 Å². The summed E-state index contributed by atoms with van der Waals surface area (Å²) in [6, 6.07) is 7.09. The minimum absolute atomic E-state index is 0.0484. The summed E-state index contributed by atoms with van der Waals surface area (Å²) in [7, 11) is 0. The highest BCUT2D eigenvalue weighted by Crippen LogP contribution is 2.34. The molecule has 4 rings (SSSR count). The molecule has 1 saturated heterocycles. The van der Waals surface area contributed by atoms with Crippen LogP contribution in [0, 0.1) is 0 Å². The van der Waals surface area contributed by atoms with Gasteiger partial charge in [0.2, 0.25) is 0 Å². The van der Waals surface area contributed by atoms with Crippen LogP contribution in [0.4, 0.5) is 0 Å². The van der Waals surface area contributed by atoms with Crippen LogP contribution >= 0.6 is 0 Å². The van der Waals surface area contributed by atoms with Crippen molar-refractivity contribution in [2.75, 3.05) is 46.0 Å². The first-order chi connectivity index (χ1) is 15.5. The number of fused-ring (bicyclic) bond motifs is 1. The number of ether oxygens (including phenoxy) is 2. The normalized spacial score (nSPS) is 20.7. The lowest BCUT2D eigenvalue weighted by atomic mass is 9.79. The van der Waals surface area contributed by atoms with Crippen LogP contribution < -0.4 is 5.32 Å². The van der Waals surface area contributed by atoms with Crippen molar-refractivity contribution in [3.63, 3.8) is 0 Å². The second kappa shape index (κ2) is 9.83. The maximum Gasteiger partial charge on any atom is 0.326 e. The van der Waals surface area contributed by atoms with Crippen molar-refractivity contribution in [1.29, 1.82) is 0 Å². The quantitative estimate of drug-likeness (QED) is 0.650. The summed E-state index contributed by atoms with van der Waals surface area (Å²) < 4.78 is 10.7. The third-order valence-corrected chi connectivity index (χ3v) is 6.77. The van der Waals surface area contributed by atoms with Crippen LogP contribution in [0.3, 0.4) is 0 Å². The predicted molar refractivity (Wildman–Crippen MR) is 119 cm³/mol. The van der Waals surface area contributed by atoms with Gasteiger partial charge in [0.25, 0.3) is 11.8 Å². The fourth-order valence-corrected chi connectivity index (χ4v) is 4.99. The van der Waals surface area contributed by atoms with E-state index in [1.807, 2.05) is 6.07 Å². The second-order valence-corrected chi connectivity index (χ2v) is 8.71. The molecule has 1 aliphatic carbocycles. The Hall–Kier alpha value is -2.71. The van der Waals surface area contributed by atoms with Gasteiger partial charge in [-0.2, -0.15) is 0 Å². The first-order valence-corrected chi connectivity index (χ1v) is 11.4. The van der Waals surface area contributed by atoms with Gasteiger partial charge in [-0.3, -0.25) is 24.2 Å². The van der Waals surface area contributed by atoms with Gasteiger partial charge in [-0.05, 0) is 18.9 Å². The van der Waals surface area contributed by atoms with Crippen molar-refractivity contribution in [1.82, 2.24) is 15.1 Å². The van der Waals surface area contributed by atoms with E-state index in [1.165, 1.54) is 11.3 Å². The molecule has 2 fully saturated rings. The summed E-state index contributed by atoms with van der Waals surface area (Å²) in [6.07, 6.45) is 5.62. The summed E-state index contributed by atoms with van der Waals surface area (Å²) >= 11 is 0. The minimum atomic E-state index is -0.636. The highest BCUT2D eigenvalue weighted by atomic mass is 16.5. The van der Waals surface area contributed by atoms with E-state index in [9.17, 15) is 14.4 Å². The van der Waals surface area contributed by atoms with Gasteiger partial charge >= 0.3 is 5.97 Å². The maximum absolute atomic E-state index is 12.5. The second-order valence-electron chi connectivity index (χ2n) is 8.71. The van der Waals surface area contributed by atoms with E-state index in [2.05, 4.69) is 16.8 Å². The fourth-order valence-electron chi connectivity index (χ4n) is 4.99. The van der Waals surface area contributed by atoms with Crippen molar-refractivity contribution >= 4 is 23.5 Å². The molecule has 1 saturated carbocycles. The van der Waals surface area contributed by atoms with Gasteiger partial charge in [0, 0.05) is 42.0 Å². The molecule has 8 heteroatoms. The lowest BCUT2D eigenvalue weighted by Gasteiger charge is -2.48. The molecule has 0 radical (unpaired) electrons. The molecule has 3 aliphatic rings. The SMILES string of the molecule is C=C1c2ccccc2C(=O)N1CC(=O)OCC(=O)NCC1(N2CCOCC2)CCCCC1. The van der Waals surface area contributed by atoms with Gasteiger partial charge in [-0.1, -0.05) is 44.0 Å². The molecule has 0 unspecified atom stereocenters. The van der Waals surface area contributed by atoms with E-state index in [1.54, 1.807) is 18.2 Å². The van der Waals surface area contributed by atoms with Crippen molar-refractivity contribution in [2.24, 2.45) is 0 Å². The third kappa shape index (κ3) is 4.71. The number of nitrogens with one attached hydrogen (secondary N) is 1. The number of carbonyl (C=O) groups is 3. The molecule has 0 spiro atoms. The van der Waals surface area contributed by atoms with Gasteiger partial charge in [0.15, 0.2) is 6.61 Å². The Morgan fingerprint density at radius 2 is 1.78 bits per heavy atom. The number of morpholine rings is 1. The molecule has 2 heterocycles. The number of esters is 1. The molecule has 2 amide bonds. The van der Waals surface area contributed by atoms with Crippen LogP contribution in [-0.2, 0) is 19.1 Å². The Kier molecular flexibility index (Phi) is 6.91. The van der Waals surface area contributed by atoms with Gasteiger partial charge in [-0.25, -0.2) is 0 Å². The van der Waals surface area contributed by atoms with Crippen LogP contribution in [0.2, 0.25) is 0 Å². The molecule has 8 nitrogen and oxygen atoms in total. The number of amides is 2. The van der Waals surface area contributed by atoms with Crippen LogP contribution in [0.5, 0.6) is 0 Å². The Balaban J connectivity index is 1.26. The van der Waals surface area contributed by atoms with Gasteiger partial charge < -0.3 is 14.8 Å². The molecule has 1 aromatic carbocycles. The lowest BCUT2D eigenvalue weighted by molar-refractivity contribution is -0.148. The van der Waals surface area contributed by atoms with Crippen molar-refractivity contribution in [3.8, 4) is 0 Å².